The van der Waals surface area contributed by atoms with Crippen molar-refractivity contribution in [2.75, 3.05) is 25.5 Å². The van der Waals surface area contributed by atoms with Gasteiger partial charge in [0.15, 0.2) is 0 Å². The maximum atomic E-state index is 12.1. The lowest BCUT2D eigenvalue weighted by atomic mass is 9.93. The predicted molar refractivity (Wildman–Crippen MR) is 76.4 cm³/mol. The van der Waals surface area contributed by atoms with E-state index >= 15 is 0 Å². The number of anilines is 1. The molecule has 0 radical (unpaired) electrons. The highest BCUT2D eigenvalue weighted by atomic mass is 16.5. The third-order valence-corrected chi connectivity index (χ3v) is 3.48. The van der Waals surface area contributed by atoms with Crippen molar-refractivity contribution in [3.63, 3.8) is 0 Å². The Kier molecular flexibility index (Phi) is 4.98. The van der Waals surface area contributed by atoms with Crippen LogP contribution in [0.15, 0.2) is 24.3 Å². The van der Waals surface area contributed by atoms with Gasteiger partial charge in [0.1, 0.15) is 0 Å². The second-order valence-corrected chi connectivity index (χ2v) is 4.91. The van der Waals surface area contributed by atoms with Crippen molar-refractivity contribution < 1.29 is 14.3 Å². The highest BCUT2D eigenvalue weighted by Crippen LogP contribution is 2.24. The third-order valence-electron chi connectivity index (χ3n) is 3.48. The molecule has 0 aromatic heterocycles. The largest absolute Gasteiger partial charge is 0.469 e. The van der Waals surface area contributed by atoms with Gasteiger partial charge in [-0.05, 0) is 24.5 Å². The average Bonchev–Trinajstić information content (AvgIpc) is 2.50. The monoisotopic (exact) mass is 276 g/mol. The van der Waals surface area contributed by atoms with Crippen LogP contribution in [0.2, 0.25) is 0 Å². The predicted octanol–water partition coefficient (Wildman–Crippen LogP) is 1.34. The fourth-order valence-corrected chi connectivity index (χ4v) is 2.32. The molecular formula is C15H20N2O3. The van der Waals surface area contributed by atoms with E-state index in [2.05, 4.69) is 15.4 Å². The van der Waals surface area contributed by atoms with Gasteiger partial charge < -0.3 is 15.4 Å². The number of methoxy groups -OCH3 is 1. The molecule has 0 spiro atoms. The van der Waals surface area contributed by atoms with Crippen molar-refractivity contribution in [2.24, 2.45) is 5.92 Å². The van der Waals surface area contributed by atoms with Crippen molar-refractivity contribution in [3.05, 3.63) is 29.8 Å². The second kappa shape index (κ2) is 6.93. The summed E-state index contributed by atoms with van der Waals surface area (Å²) in [6, 6.07) is 8.04. The molecular weight excluding hydrogens is 256 g/mol. The van der Waals surface area contributed by atoms with E-state index in [0.29, 0.717) is 25.9 Å². The molecule has 5 nitrogen and oxygen atoms in total. The van der Waals surface area contributed by atoms with Gasteiger partial charge >= 0.3 is 5.97 Å². The normalized spacial score (nSPS) is 16.8. The van der Waals surface area contributed by atoms with Crippen LogP contribution in [0.5, 0.6) is 0 Å². The molecule has 2 rings (SSSR count). The summed E-state index contributed by atoms with van der Waals surface area (Å²) in [5.74, 6) is -0.257. The molecule has 0 bridgehead atoms. The van der Waals surface area contributed by atoms with Gasteiger partial charge in [0.25, 0.3) is 0 Å². The van der Waals surface area contributed by atoms with Crippen molar-refractivity contribution in [2.45, 2.75) is 19.3 Å². The molecule has 1 aromatic rings. The quantitative estimate of drug-likeness (QED) is 0.629. The van der Waals surface area contributed by atoms with Crippen LogP contribution in [0, 0.1) is 5.92 Å². The van der Waals surface area contributed by atoms with E-state index in [4.69, 9.17) is 0 Å². The first kappa shape index (κ1) is 14.4. The first-order valence-electron chi connectivity index (χ1n) is 6.87. The van der Waals surface area contributed by atoms with Crippen LogP contribution < -0.4 is 10.6 Å². The average molecular weight is 276 g/mol. The molecule has 1 unspecified atom stereocenters. The molecule has 1 heterocycles. The highest BCUT2D eigenvalue weighted by Gasteiger charge is 2.23. The van der Waals surface area contributed by atoms with Gasteiger partial charge in [-0.2, -0.15) is 0 Å². The molecule has 0 fully saturated rings. The van der Waals surface area contributed by atoms with Gasteiger partial charge in [0, 0.05) is 25.2 Å². The maximum Gasteiger partial charge on any atom is 0.305 e. The summed E-state index contributed by atoms with van der Waals surface area (Å²) in [6.07, 6.45) is 1.70. The van der Waals surface area contributed by atoms with Crippen LogP contribution in [-0.2, 0) is 20.7 Å². The zero-order chi connectivity index (χ0) is 14.4. The number of para-hydroxylation sites is 1. The summed E-state index contributed by atoms with van der Waals surface area (Å²) in [5.41, 5.74) is 2.29. The minimum atomic E-state index is -0.243. The Balaban J connectivity index is 1.76. The van der Waals surface area contributed by atoms with Gasteiger partial charge in [-0.25, -0.2) is 0 Å². The topological polar surface area (TPSA) is 67.4 Å². The molecule has 1 aliphatic heterocycles. The molecule has 1 amide bonds. The fourth-order valence-electron chi connectivity index (χ4n) is 2.32. The van der Waals surface area contributed by atoms with E-state index in [0.717, 1.165) is 12.1 Å². The van der Waals surface area contributed by atoms with Crippen LogP contribution in [0.1, 0.15) is 18.4 Å². The maximum absolute atomic E-state index is 12.1. The smallest absolute Gasteiger partial charge is 0.305 e. The summed E-state index contributed by atoms with van der Waals surface area (Å²) in [5, 5.41) is 6.15. The van der Waals surface area contributed by atoms with E-state index in [1.54, 1.807) is 0 Å². The van der Waals surface area contributed by atoms with Gasteiger partial charge in [-0.1, -0.05) is 18.2 Å². The molecule has 20 heavy (non-hydrogen) atoms. The van der Waals surface area contributed by atoms with Crippen LogP contribution in [0.25, 0.3) is 0 Å². The number of carbonyl (C=O) groups excluding carboxylic acids is 2. The number of carbonyl (C=O) groups is 2. The summed E-state index contributed by atoms with van der Waals surface area (Å²) in [6.45, 7) is 1.16. The van der Waals surface area contributed by atoms with E-state index in [1.807, 2.05) is 24.3 Å². The van der Waals surface area contributed by atoms with Gasteiger partial charge in [-0.15, -0.1) is 0 Å². The first-order valence-corrected chi connectivity index (χ1v) is 6.87. The van der Waals surface area contributed by atoms with Gasteiger partial charge in [0.2, 0.25) is 5.91 Å². The number of rotatable bonds is 5. The van der Waals surface area contributed by atoms with E-state index < -0.39 is 0 Å². The minimum Gasteiger partial charge on any atom is -0.469 e. The van der Waals surface area contributed by atoms with Crippen molar-refractivity contribution in [1.29, 1.82) is 0 Å². The summed E-state index contributed by atoms with van der Waals surface area (Å²) in [4.78, 5) is 23.0. The minimum absolute atomic E-state index is 0.0388. The van der Waals surface area contributed by atoms with E-state index in [1.165, 1.54) is 12.7 Å². The molecule has 0 aliphatic carbocycles. The van der Waals surface area contributed by atoms with Crippen LogP contribution >= 0.6 is 0 Å². The molecule has 108 valence electrons. The second-order valence-electron chi connectivity index (χ2n) is 4.91. The van der Waals surface area contributed by atoms with Crippen LogP contribution in [0.3, 0.4) is 0 Å². The first-order chi connectivity index (χ1) is 9.70. The Morgan fingerprint density at radius 3 is 3.00 bits per heavy atom. The number of nitrogens with one attached hydrogen (secondary N) is 2. The lowest BCUT2D eigenvalue weighted by Crippen LogP contribution is -2.38. The molecule has 1 aliphatic rings. The summed E-state index contributed by atoms with van der Waals surface area (Å²) in [7, 11) is 1.37. The molecule has 0 saturated carbocycles. The summed E-state index contributed by atoms with van der Waals surface area (Å²) < 4.78 is 4.55. The van der Waals surface area contributed by atoms with Crippen molar-refractivity contribution in [3.8, 4) is 0 Å². The van der Waals surface area contributed by atoms with E-state index in [-0.39, 0.29) is 17.8 Å². The Morgan fingerprint density at radius 2 is 2.20 bits per heavy atom. The molecule has 1 aromatic carbocycles. The van der Waals surface area contributed by atoms with Crippen molar-refractivity contribution >= 4 is 17.6 Å². The summed E-state index contributed by atoms with van der Waals surface area (Å²) >= 11 is 0. The Bertz CT molecular complexity index is 488. The lowest BCUT2D eigenvalue weighted by Gasteiger charge is -2.25. The SMILES string of the molecule is COC(=O)CCCNC(=O)C1CNc2ccccc2C1. The van der Waals surface area contributed by atoms with Gasteiger partial charge in [-0.3, -0.25) is 9.59 Å². The van der Waals surface area contributed by atoms with Crippen molar-refractivity contribution in [1.82, 2.24) is 5.32 Å². The number of benzene rings is 1. The number of esters is 1. The lowest BCUT2D eigenvalue weighted by molar-refractivity contribution is -0.140. The fraction of sp³-hybridized carbons (Fsp3) is 0.467. The Labute approximate surface area is 118 Å². The van der Waals surface area contributed by atoms with E-state index in [9.17, 15) is 9.59 Å². The van der Waals surface area contributed by atoms with Gasteiger partial charge in [0.05, 0.1) is 13.0 Å². The number of ether oxygens (including phenoxy) is 1. The molecule has 5 heteroatoms. The third kappa shape index (κ3) is 3.73. The standard InChI is InChI=1S/C15H20N2O3/c1-20-14(18)7-4-8-16-15(19)12-9-11-5-2-3-6-13(11)17-10-12/h2-3,5-6,12,17H,4,7-10H2,1H3,(H,16,19). The Morgan fingerprint density at radius 1 is 1.40 bits per heavy atom. The number of amides is 1. The highest BCUT2D eigenvalue weighted by molar-refractivity contribution is 5.80. The Hall–Kier alpha value is -2.04. The zero-order valence-electron chi connectivity index (χ0n) is 11.6. The molecule has 0 saturated heterocycles. The molecule has 2 N–H and O–H groups in total. The molecule has 1 atom stereocenters. The van der Waals surface area contributed by atoms with Crippen LogP contribution in [0.4, 0.5) is 5.69 Å². The van der Waals surface area contributed by atoms with Crippen LogP contribution in [-0.4, -0.2) is 32.1 Å². The number of hydrogen-bond donors (Lipinski definition) is 2. The number of hydrogen-bond acceptors (Lipinski definition) is 4. The zero-order valence-corrected chi connectivity index (χ0v) is 11.6. The number of fused-ring (bicyclic) bond motifs is 1.